The molecule has 1 aliphatic rings. The summed E-state index contributed by atoms with van der Waals surface area (Å²) in [5, 5.41) is 15.6. The van der Waals surface area contributed by atoms with Gasteiger partial charge in [0, 0.05) is 31.1 Å². The minimum absolute atomic E-state index is 0.0255. The van der Waals surface area contributed by atoms with Gasteiger partial charge in [-0.15, -0.1) is 10.2 Å². The summed E-state index contributed by atoms with van der Waals surface area (Å²) in [6.45, 7) is 8.08. The Kier molecular flexibility index (Phi) is 4.49. The monoisotopic (exact) mass is 268 g/mol. The molecule has 7 heteroatoms. The molecular formula is C12H24N6O. The van der Waals surface area contributed by atoms with Crippen LogP contribution < -0.4 is 5.32 Å². The maximum absolute atomic E-state index is 5.43. The summed E-state index contributed by atoms with van der Waals surface area (Å²) in [5.74, 6) is 0.781. The minimum Gasteiger partial charge on any atom is -0.379 e. The zero-order valence-electron chi connectivity index (χ0n) is 12.3. The SMILES string of the molecule is CNC(Cc1nnn(C)n1)C(C)(C)N1CCOCC1. The third kappa shape index (κ3) is 3.29. The second kappa shape index (κ2) is 5.94. The highest BCUT2D eigenvalue weighted by Crippen LogP contribution is 2.22. The first-order chi connectivity index (χ1) is 9.04. The topological polar surface area (TPSA) is 68.1 Å². The highest BCUT2D eigenvalue weighted by atomic mass is 16.5. The lowest BCUT2D eigenvalue weighted by Gasteiger charge is -2.45. The molecule has 1 N–H and O–H groups in total. The van der Waals surface area contributed by atoms with Crippen LogP contribution in [-0.4, -0.2) is 70.0 Å². The van der Waals surface area contributed by atoms with Crippen molar-refractivity contribution in [3.8, 4) is 0 Å². The fraction of sp³-hybridized carbons (Fsp3) is 0.917. The number of nitrogens with one attached hydrogen (secondary N) is 1. The van der Waals surface area contributed by atoms with Crippen LogP contribution in [0.3, 0.4) is 0 Å². The van der Waals surface area contributed by atoms with Crippen LogP contribution in [0.5, 0.6) is 0 Å². The van der Waals surface area contributed by atoms with Crippen molar-refractivity contribution in [2.45, 2.75) is 31.8 Å². The number of aryl methyl sites for hydroxylation is 1. The molecule has 0 amide bonds. The van der Waals surface area contributed by atoms with Gasteiger partial charge >= 0.3 is 0 Å². The molecule has 0 radical (unpaired) electrons. The van der Waals surface area contributed by atoms with Gasteiger partial charge in [-0.05, 0) is 26.1 Å². The van der Waals surface area contributed by atoms with E-state index in [1.807, 2.05) is 7.05 Å². The van der Waals surface area contributed by atoms with Gasteiger partial charge in [-0.2, -0.15) is 4.80 Å². The Balaban J connectivity index is 2.06. The Bertz CT molecular complexity index is 399. The highest BCUT2D eigenvalue weighted by molar-refractivity contribution is 4.98. The predicted molar refractivity (Wildman–Crippen MR) is 71.8 cm³/mol. The molecule has 1 atom stereocenters. The Morgan fingerprint density at radius 3 is 2.58 bits per heavy atom. The first kappa shape index (κ1) is 14.4. The van der Waals surface area contributed by atoms with E-state index in [2.05, 4.69) is 39.5 Å². The number of hydrogen-bond donors (Lipinski definition) is 1. The van der Waals surface area contributed by atoms with E-state index in [1.54, 1.807) is 7.05 Å². The summed E-state index contributed by atoms with van der Waals surface area (Å²) in [5.41, 5.74) is 0.0255. The van der Waals surface area contributed by atoms with Gasteiger partial charge in [0.05, 0.1) is 20.3 Å². The van der Waals surface area contributed by atoms with Gasteiger partial charge in [0.25, 0.3) is 0 Å². The summed E-state index contributed by atoms with van der Waals surface area (Å²) in [6.07, 6.45) is 0.773. The van der Waals surface area contributed by atoms with E-state index >= 15 is 0 Å². The molecule has 19 heavy (non-hydrogen) atoms. The normalized spacial score (nSPS) is 19.6. The molecular weight excluding hydrogens is 244 g/mol. The van der Waals surface area contributed by atoms with Crippen molar-refractivity contribution in [1.82, 2.24) is 30.4 Å². The Labute approximate surface area is 114 Å². The van der Waals surface area contributed by atoms with E-state index in [-0.39, 0.29) is 11.6 Å². The molecule has 2 rings (SSSR count). The zero-order valence-corrected chi connectivity index (χ0v) is 12.3. The van der Waals surface area contributed by atoms with Crippen molar-refractivity contribution in [3.63, 3.8) is 0 Å². The second-order valence-electron chi connectivity index (χ2n) is 5.49. The molecule has 1 aromatic heterocycles. The van der Waals surface area contributed by atoms with E-state index < -0.39 is 0 Å². The van der Waals surface area contributed by atoms with Crippen LogP contribution in [0.15, 0.2) is 0 Å². The minimum atomic E-state index is 0.0255. The first-order valence-corrected chi connectivity index (χ1v) is 6.77. The molecule has 2 heterocycles. The molecule has 1 saturated heterocycles. The number of rotatable bonds is 5. The molecule has 0 aliphatic carbocycles. The van der Waals surface area contributed by atoms with Crippen LogP contribution in [-0.2, 0) is 18.2 Å². The smallest absolute Gasteiger partial charge is 0.176 e. The quantitative estimate of drug-likeness (QED) is 0.773. The molecule has 1 aromatic rings. The van der Waals surface area contributed by atoms with E-state index in [1.165, 1.54) is 4.80 Å². The van der Waals surface area contributed by atoms with Gasteiger partial charge in [0.15, 0.2) is 5.82 Å². The van der Waals surface area contributed by atoms with Crippen molar-refractivity contribution >= 4 is 0 Å². The van der Waals surface area contributed by atoms with E-state index in [0.29, 0.717) is 0 Å². The lowest BCUT2D eigenvalue weighted by molar-refractivity contribution is -0.0226. The summed E-state index contributed by atoms with van der Waals surface area (Å²) < 4.78 is 5.43. The lowest BCUT2D eigenvalue weighted by Crippen LogP contribution is -2.60. The average molecular weight is 268 g/mol. The number of ether oxygens (including phenoxy) is 1. The summed E-state index contributed by atoms with van der Waals surface area (Å²) in [7, 11) is 3.78. The third-order valence-electron chi connectivity index (χ3n) is 3.96. The van der Waals surface area contributed by atoms with Crippen molar-refractivity contribution in [1.29, 1.82) is 0 Å². The summed E-state index contributed by atoms with van der Waals surface area (Å²) >= 11 is 0. The van der Waals surface area contributed by atoms with Crippen molar-refractivity contribution < 1.29 is 4.74 Å². The molecule has 0 saturated carbocycles. The predicted octanol–water partition coefficient (Wildman–Crippen LogP) is -0.549. The van der Waals surface area contributed by atoms with E-state index in [9.17, 15) is 0 Å². The fourth-order valence-electron chi connectivity index (χ4n) is 2.65. The Hall–Kier alpha value is -1.05. The van der Waals surface area contributed by atoms with Gasteiger partial charge in [0.1, 0.15) is 0 Å². The van der Waals surface area contributed by atoms with Gasteiger partial charge in [-0.3, -0.25) is 4.90 Å². The van der Waals surface area contributed by atoms with Gasteiger partial charge in [-0.1, -0.05) is 0 Å². The molecule has 1 aliphatic heterocycles. The molecule has 0 bridgehead atoms. The van der Waals surface area contributed by atoms with Crippen LogP contribution >= 0.6 is 0 Å². The Morgan fingerprint density at radius 2 is 2.05 bits per heavy atom. The standard InChI is InChI=1S/C12H24N6O/c1-12(2,18-5-7-19-8-6-18)10(13-3)9-11-14-16-17(4)15-11/h10,13H,5-9H2,1-4H3. The second-order valence-corrected chi connectivity index (χ2v) is 5.49. The molecule has 108 valence electrons. The van der Waals surface area contributed by atoms with Gasteiger partial charge < -0.3 is 10.1 Å². The number of hydrogen-bond acceptors (Lipinski definition) is 6. The number of aromatic nitrogens is 4. The maximum Gasteiger partial charge on any atom is 0.176 e. The fourth-order valence-corrected chi connectivity index (χ4v) is 2.65. The largest absolute Gasteiger partial charge is 0.379 e. The average Bonchev–Trinajstić information content (AvgIpc) is 2.82. The van der Waals surface area contributed by atoms with E-state index in [4.69, 9.17) is 4.74 Å². The van der Waals surface area contributed by atoms with Gasteiger partial charge in [0.2, 0.25) is 0 Å². The molecule has 0 spiro atoms. The summed E-state index contributed by atoms with van der Waals surface area (Å²) in [4.78, 5) is 3.97. The summed E-state index contributed by atoms with van der Waals surface area (Å²) in [6, 6.07) is 0.273. The van der Waals surface area contributed by atoms with Gasteiger partial charge in [-0.25, -0.2) is 0 Å². The van der Waals surface area contributed by atoms with Crippen molar-refractivity contribution in [3.05, 3.63) is 5.82 Å². The maximum atomic E-state index is 5.43. The Morgan fingerprint density at radius 1 is 1.37 bits per heavy atom. The van der Waals surface area contributed by atoms with Crippen LogP contribution in [0.25, 0.3) is 0 Å². The van der Waals surface area contributed by atoms with Crippen LogP contribution in [0.2, 0.25) is 0 Å². The lowest BCUT2D eigenvalue weighted by atomic mass is 9.89. The van der Waals surface area contributed by atoms with Crippen LogP contribution in [0.4, 0.5) is 0 Å². The number of nitrogens with zero attached hydrogens (tertiary/aromatic N) is 5. The zero-order chi connectivity index (χ0) is 13.9. The van der Waals surface area contributed by atoms with Crippen molar-refractivity contribution in [2.75, 3.05) is 33.4 Å². The number of morpholine rings is 1. The molecule has 1 fully saturated rings. The number of likely N-dealkylation sites (N-methyl/N-ethyl adjacent to an activating group) is 1. The third-order valence-corrected chi connectivity index (χ3v) is 3.96. The molecule has 7 nitrogen and oxygen atoms in total. The van der Waals surface area contributed by atoms with Crippen LogP contribution in [0, 0.1) is 0 Å². The van der Waals surface area contributed by atoms with Crippen LogP contribution in [0.1, 0.15) is 19.7 Å². The number of tetrazole rings is 1. The van der Waals surface area contributed by atoms with E-state index in [0.717, 1.165) is 38.5 Å². The highest BCUT2D eigenvalue weighted by Gasteiger charge is 2.36. The first-order valence-electron chi connectivity index (χ1n) is 6.77. The van der Waals surface area contributed by atoms with Crippen molar-refractivity contribution in [2.24, 2.45) is 7.05 Å². The molecule has 0 aromatic carbocycles. The molecule has 1 unspecified atom stereocenters.